The minimum Gasteiger partial charge on any atom is -0.497 e. The number of rotatable bonds is 2. The van der Waals surface area contributed by atoms with Gasteiger partial charge < -0.3 is 4.74 Å². The normalized spacial score (nSPS) is 12.4. The van der Waals surface area contributed by atoms with Gasteiger partial charge in [-0.2, -0.15) is 0 Å². The number of nitrogens with zero attached hydrogens (tertiary/aromatic N) is 4. The van der Waals surface area contributed by atoms with Gasteiger partial charge in [0.05, 0.1) is 24.2 Å². The Labute approximate surface area is 136 Å². The molecule has 1 aliphatic rings. The van der Waals surface area contributed by atoms with Crippen LogP contribution in [-0.4, -0.2) is 26.6 Å². The lowest BCUT2D eigenvalue weighted by Gasteiger charge is -2.16. The van der Waals surface area contributed by atoms with Gasteiger partial charge in [-0.1, -0.05) is 11.8 Å². The van der Waals surface area contributed by atoms with Crippen LogP contribution in [0.15, 0.2) is 57.7 Å². The van der Waals surface area contributed by atoms with Gasteiger partial charge >= 0.3 is 0 Å². The van der Waals surface area contributed by atoms with Crippen LogP contribution in [0, 0.1) is 0 Å². The molecule has 23 heavy (non-hydrogen) atoms. The van der Waals surface area contributed by atoms with Crippen molar-refractivity contribution in [3.8, 4) is 11.4 Å². The minimum absolute atomic E-state index is 0.0959. The molecule has 0 N–H and O–H groups in total. The molecule has 0 spiro atoms. The van der Waals surface area contributed by atoms with Crippen molar-refractivity contribution in [2.45, 2.75) is 16.3 Å². The summed E-state index contributed by atoms with van der Waals surface area (Å²) in [6.45, 7) is 0. The van der Waals surface area contributed by atoms with Gasteiger partial charge in [-0.3, -0.25) is 14.3 Å². The van der Waals surface area contributed by atoms with Crippen molar-refractivity contribution in [1.82, 2.24) is 19.5 Å². The summed E-state index contributed by atoms with van der Waals surface area (Å²) in [4.78, 5) is 26.4. The van der Waals surface area contributed by atoms with Gasteiger partial charge in [0, 0.05) is 18.8 Å². The van der Waals surface area contributed by atoms with Crippen LogP contribution >= 0.6 is 11.8 Å². The molecule has 0 aliphatic carbocycles. The number of aromatic nitrogens is 4. The molecular weight excluding hydrogens is 312 g/mol. The van der Waals surface area contributed by atoms with E-state index >= 15 is 0 Å². The number of fused-ring (bicyclic) bond motifs is 2. The Morgan fingerprint density at radius 2 is 1.87 bits per heavy atom. The summed E-state index contributed by atoms with van der Waals surface area (Å²) in [7, 11) is 1.61. The molecule has 0 fully saturated rings. The minimum atomic E-state index is -0.0959. The maximum Gasteiger partial charge on any atom is 0.272 e. The third-order valence-corrected chi connectivity index (χ3v) is 4.77. The number of benzene rings is 1. The number of methoxy groups -OCH3 is 1. The van der Waals surface area contributed by atoms with Crippen molar-refractivity contribution >= 4 is 11.8 Å². The monoisotopic (exact) mass is 324 g/mol. The molecule has 0 amide bonds. The third kappa shape index (κ3) is 2.39. The highest BCUT2D eigenvalue weighted by molar-refractivity contribution is 7.99. The zero-order valence-electron chi connectivity index (χ0n) is 12.3. The lowest BCUT2D eigenvalue weighted by atomic mass is 10.2. The summed E-state index contributed by atoms with van der Waals surface area (Å²) in [6, 6.07) is 7.29. The summed E-state index contributed by atoms with van der Waals surface area (Å²) in [5.41, 5.74) is 2.26. The van der Waals surface area contributed by atoms with E-state index in [0.29, 0.717) is 11.3 Å². The Morgan fingerprint density at radius 1 is 1.09 bits per heavy atom. The van der Waals surface area contributed by atoms with E-state index in [4.69, 9.17) is 4.74 Å². The highest BCUT2D eigenvalue weighted by Gasteiger charge is 2.23. The first-order valence-electron chi connectivity index (χ1n) is 6.99. The van der Waals surface area contributed by atoms with E-state index < -0.39 is 0 Å². The quantitative estimate of drug-likeness (QED) is 0.562. The van der Waals surface area contributed by atoms with E-state index in [9.17, 15) is 4.79 Å². The van der Waals surface area contributed by atoms with E-state index in [2.05, 4.69) is 15.0 Å². The van der Waals surface area contributed by atoms with Crippen molar-refractivity contribution < 1.29 is 4.74 Å². The topological polar surface area (TPSA) is 69.9 Å². The lowest BCUT2D eigenvalue weighted by molar-refractivity contribution is 0.414. The Hall–Kier alpha value is -2.67. The van der Waals surface area contributed by atoms with Crippen LogP contribution in [0.2, 0.25) is 0 Å². The van der Waals surface area contributed by atoms with E-state index in [1.165, 1.54) is 16.3 Å². The summed E-state index contributed by atoms with van der Waals surface area (Å²) in [5.74, 6) is 0.742. The highest BCUT2D eigenvalue weighted by atomic mass is 32.2. The van der Waals surface area contributed by atoms with Gasteiger partial charge in [0.1, 0.15) is 22.0 Å². The van der Waals surface area contributed by atoms with Crippen molar-refractivity contribution in [2.24, 2.45) is 0 Å². The molecule has 0 atom stereocenters. The van der Waals surface area contributed by atoms with Crippen LogP contribution in [0.1, 0.15) is 11.4 Å². The molecule has 0 saturated heterocycles. The Kier molecular flexibility index (Phi) is 3.34. The van der Waals surface area contributed by atoms with Gasteiger partial charge in [0.25, 0.3) is 5.56 Å². The fourth-order valence-electron chi connectivity index (χ4n) is 2.44. The fourth-order valence-corrected chi connectivity index (χ4v) is 3.42. The van der Waals surface area contributed by atoms with Crippen LogP contribution in [0.25, 0.3) is 5.69 Å². The van der Waals surface area contributed by atoms with Gasteiger partial charge in [-0.25, -0.2) is 9.97 Å². The first kappa shape index (κ1) is 14.0. The Balaban J connectivity index is 1.79. The van der Waals surface area contributed by atoms with Crippen molar-refractivity contribution in [1.29, 1.82) is 0 Å². The van der Waals surface area contributed by atoms with Crippen LogP contribution in [0.4, 0.5) is 0 Å². The van der Waals surface area contributed by atoms with E-state index in [0.717, 1.165) is 27.9 Å². The Morgan fingerprint density at radius 3 is 2.65 bits per heavy atom. The average Bonchev–Trinajstić information content (AvgIpc) is 2.61. The SMILES string of the molecule is COc1ccc(-n2cnc3c(c2=O)Sc2nccnc2C3)cc1. The molecule has 4 rings (SSSR count). The maximum absolute atomic E-state index is 12.8. The second-order valence-electron chi connectivity index (χ2n) is 4.98. The van der Waals surface area contributed by atoms with Gasteiger partial charge in [-0.05, 0) is 24.3 Å². The second kappa shape index (κ2) is 5.51. The molecule has 6 nitrogen and oxygen atoms in total. The van der Waals surface area contributed by atoms with Crippen LogP contribution in [-0.2, 0) is 6.42 Å². The molecule has 0 radical (unpaired) electrons. The number of hydrogen-bond acceptors (Lipinski definition) is 6. The van der Waals surface area contributed by atoms with E-state index in [-0.39, 0.29) is 5.56 Å². The summed E-state index contributed by atoms with van der Waals surface area (Å²) in [6.07, 6.45) is 5.38. The molecule has 0 saturated carbocycles. The van der Waals surface area contributed by atoms with Crippen molar-refractivity contribution in [3.05, 3.63) is 64.7 Å². The zero-order chi connectivity index (χ0) is 15.8. The first-order chi connectivity index (χ1) is 11.3. The van der Waals surface area contributed by atoms with Crippen molar-refractivity contribution in [3.63, 3.8) is 0 Å². The molecule has 3 heterocycles. The third-order valence-electron chi connectivity index (χ3n) is 3.62. The molecule has 2 aromatic heterocycles. The Bertz CT molecular complexity index is 938. The molecule has 1 aromatic carbocycles. The van der Waals surface area contributed by atoms with E-state index in [1.807, 2.05) is 24.3 Å². The predicted molar refractivity (Wildman–Crippen MR) is 85.3 cm³/mol. The molecule has 3 aromatic rings. The van der Waals surface area contributed by atoms with Crippen molar-refractivity contribution in [2.75, 3.05) is 7.11 Å². The number of ether oxygens (including phenoxy) is 1. The maximum atomic E-state index is 12.8. The largest absolute Gasteiger partial charge is 0.497 e. The van der Waals surface area contributed by atoms with Crippen LogP contribution < -0.4 is 10.3 Å². The van der Waals surface area contributed by atoms with E-state index in [1.54, 1.807) is 25.8 Å². The smallest absolute Gasteiger partial charge is 0.272 e. The second-order valence-corrected chi connectivity index (χ2v) is 5.98. The molecule has 1 aliphatic heterocycles. The predicted octanol–water partition coefficient (Wildman–Crippen LogP) is 2.09. The molecule has 0 bridgehead atoms. The lowest BCUT2D eigenvalue weighted by Crippen LogP contribution is -2.24. The number of hydrogen-bond donors (Lipinski definition) is 0. The summed E-state index contributed by atoms with van der Waals surface area (Å²) >= 11 is 1.33. The zero-order valence-corrected chi connectivity index (χ0v) is 13.1. The van der Waals surface area contributed by atoms with Gasteiger partial charge in [0.2, 0.25) is 0 Å². The fraction of sp³-hybridized carbons (Fsp3) is 0.125. The summed E-state index contributed by atoms with van der Waals surface area (Å²) < 4.78 is 6.68. The summed E-state index contributed by atoms with van der Waals surface area (Å²) in [5, 5.41) is 0.770. The van der Waals surface area contributed by atoms with Gasteiger partial charge in [0.15, 0.2) is 0 Å². The van der Waals surface area contributed by atoms with Crippen LogP contribution in [0.3, 0.4) is 0 Å². The molecular formula is C16H12N4O2S. The molecule has 7 heteroatoms. The van der Waals surface area contributed by atoms with Crippen LogP contribution in [0.5, 0.6) is 5.75 Å². The van der Waals surface area contributed by atoms with Gasteiger partial charge in [-0.15, -0.1) is 0 Å². The standard InChI is InChI=1S/C16H12N4O2S/c1-22-11-4-2-10(3-5-11)20-9-19-12-8-13-15(18-7-6-17-13)23-14(12)16(20)21/h2-7,9H,8H2,1H3. The highest BCUT2D eigenvalue weighted by Crippen LogP contribution is 2.33. The first-order valence-corrected chi connectivity index (χ1v) is 7.80. The average molecular weight is 324 g/mol. The molecule has 114 valence electrons. The molecule has 0 unspecified atom stereocenters.